The molecule has 1 rings (SSSR count). The molecule has 0 saturated carbocycles. The highest BCUT2D eigenvalue weighted by molar-refractivity contribution is 8.23. The zero-order valence-electron chi connectivity index (χ0n) is 7.94. The molecule has 0 amide bonds. The van der Waals surface area contributed by atoms with Crippen LogP contribution in [0.15, 0.2) is 18.3 Å². The number of aliphatic hydroxyl groups is 1. The SMILES string of the molecule is OCCCSC(=S)Nc1ccc(Cl)cn1. The first-order valence-electron chi connectivity index (χ1n) is 4.38. The van der Waals surface area contributed by atoms with Crippen molar-refractivity contribution in [2.45, 2.75) is 6.42 Å². The summed E-state index contributed by atoms with van der Waals surface area (Å²) in [5, 5.41) is 12.2. The summed E-state index contributed by atoms with van der Waals surface area (Å²) in [5.74, 6) is 1.48. The van der Waals surface area contributed by atoms with Crippen molar-refractivity contribution >= 4 is 45.7 Å². The van der Waals surface area contributed by atoms with E-state index in [2.05, 4.69) is 10.3 Å². The minimum atomic E-state index is 0.189. The van der Waals surface area contributed by atoms with E-state index >= 15 is 0 Å². The molecule has 0 fully saturated rings. The summed E-state index contributed by atoms with van der Waals surface area (Å²) in [5.41, 5.74) is 0. The number of thiocarbonyl (C=S) groups is 1. The zero-order chi connectivity index (χ0) is 11.1. The quantitative estimate of drug-likeness (QED) is 0.645. The molecule has 2 N–H and O–H groups in total. The van der Waals surface area contributed by atoms with E-state index in [-0.39, 0.29) is 6.61 Å². The molecule has 1 heterocycles. The van der Waals surface area contributed by atoms with Crippen LogP contribution in [0.2, 0.25) is 5.02 Å². The number of rotatable bonds is 4. The first-order chi connectivity index (χ1) is 7.22. The molecule has 0 aliphatic heterocycles. The summed E-state index contributed by atoms with van der Waals surface area (Å²) in [7, 11) is 0. The number of nitrogens with zero attached hydrogens (tertiary/aromatic N) is 1. The van der Waals surface area contributed by atoms with Gasteiger partial charge < -0.3 is 10.4 Å². The van der Waals surface area contributed by atoms with Crippen molar-refractivity contribution in [1.29, 1.82) is 0 Å². The van der Waals surface area contributed by atoms with Crippen molar-refractivity contribution in [3.63, 3.8) is 0 Å². The Balaban J connectivity index is 2.34. The third-order valence-electron chi connectivity index (χ3n) is 1.49. The van der Waals surface area contributed by atoms with Gasteiger partial charge in [0.25, 0.3) is 0 Å². The van der Waals surface area contributed by atoms with Gasteiger partial charge in [-0.3, -0.25) is 0 Å². The molecule has 6 heteroatoms. The molecule has 1 aromatic heterocycles. The highest BCUT2D eigenvalue weighted by Crippen LogP contribution is 2.13. The third kappa shape index (κ3) is 5.32. The molecule has 15 heavy (non-hydrogen) atoms. The molecule has 82 valence electrons. The summed E-state index contributed by atoms with van der Waals surface area (Å²) < 4.78 is 0.651. The number of thioether (sulfide) groups is 1. The van der Waals surface area contributed by atoms with E-state index in [0.29, 0.717) is 15.2 Å². The lowest BCUT2D eigenvalue weighted by Crippen LogP contribution is -2.06. The van der Waals surface area contributed by atoms with Crippen molar-refractivity contribution in [2.24, 2.45) is 0 Å². The van der Waals surface area contributed by atoms with Crippen molar-refractivity contribution in [3.05, 3.63) is 23.4 Å². The van der Waals surface area contributed by atoms with Gasteiger partial charge in [0.1, 0.15) is 10.1 Å². The fourth-order valence-electron chi connectivity index (χ4n) is 0.820. The van der Waals surface area contributed by atoms with Gasteiger partial charge in [-0.25, -0.2) is 4.98 Å². The number of hydrogen-bond acceptors (Lipinski definition) is 4. The van der Waals surface area contributed by atoms with Crippen LogP contribution in [0.25, 0.3) is 0 Å². The largest absolute Gasteiger partial charge is 0.396 e. The van der Waals surface area contributed by atoms with Crippen LogP contribution in [0.3, 0.4) is 0 Å². The normalized spacial score (nSPS) is 10.0. The van der Waals surface area contributed by atoms with Gasteiger partial charge in [-0.15, -0.1) is 0 Å². The lowest BCUT2D eigenvalue weighted by molar-refractivity contribution is 0.296. The third-order valence-corrected chi connectivity index (χ3v) is 3.03. The molecule has 1 aromatic rings. The Labute approximate surface area is 103 Å². The van der Waals surface area contributed by atoms with Crippen molar-refractivity contribution < 1.29 is 5.11 Å². The number of aliphatic hydroxyl groups excluding tert-OH is 1. The van der Waals surface area contributed by atoms with E-state index in [1.807, 2.05) is 0 Å². The Bertz CT molecular complexity index is 318. The number of pyridine rings is 1. The van der Waals surface area contributed by atoms with E-state index in [1.165, 1.54) is 11.8 Å². The second-order valence-electron chi connectivity index (χ2n) is 2.70. The van der Waals surface area contributed by atoms with E-state index in [0.717, 1.165) is 12.2 Å². The van der Waals surface area contributed by atoms with Crippen LogP contribution in [-0.2, 0) is 0 Å². The first-order valence-corrected chi connectivity index (χ1v) is 6.16. The molecule has 0 spiro atoms. The number of anilines is 1. The maximum Gasteiger partial charge on any atom is 0.139 e. The second-order valence-corrected chi connectivity index (χ2v) is 4.91. The molecule has 0 saturated heterocycles. The highest BCUT2D eigenvalue weighted by Gasteiger charge is 1.99. The van der Waals surface area contributed by atoms with Crippen molar-refractivity contribution in [3.8, 4) is 0 Å². The average molecular weight is 263 g/mol. The van der Waals surface area contributed by atoms with Crippen LogP contribution in [0.5, 0.6) is 0 Å². The predicted molar refractivity (Wildman–Crippen MR) is 69.6 cm³/mol. The van der Waals surface area contributed by atoms with Gasteiger partial charge in [-0.1, -0.05) is 35.6 Å². The monoisotopic (exact) mass is 262 g/mol. The molecular weight excluding hydrogens is 252 g/mol. The van der Waals surface area contributed by atoms with E-state index in [4.69, 9.17) is 28.9 Å². The first kappa shape index (κ1) is 12.7. The van der Waals surface area contributed by atoms with Crippen molar-refractivity contribution in [2.75, 3.05) is 17.7 Å². The number of nitrogens with one attached hydrogen (secondary N) is 1. The molecule has 0 aliphatic rings. The van der Waals surface area contributed by atoms with Crippen LogP contribution in [0.1, 0.15) is 6.42 Å². The standard InChI is InChI=1S/C9H11ClN2OS2/c10-7-2-3-8(11-6-7)12-9(14)15-5-1-4-13/h2-3,6,13H,1,4-5H2,(H,11,12,14). The number of aromatic nitrogens is 1. The average Bonchev–Trinajstić information content (AvgIpc) is 2.22. The van der Waals surface area contributed by atoms with Gasteiger partial charge in [-0.2, -0.15) is 0 Å². The molecule has 0 unspecified atom stereocenters. The fraction of sp³-hybridized carbons (Fsp3) is 0.333. The second kappa shape index (κ2) is 7.00. The Hall–Kier alpha value is -0.360. The summed E-state index contributed by atoms with van der Waals surface area (Å²) in [6.07, 6.45) is 2.30. The summed E-state index contributed by atoms with van der Waals surface area (Å²) in [4.78, 5) is 4.05. The Kier molecular flexibility index (Phi) is 5.93. The molecule has 3 nitrogen and oxygen atoms in total. The van der Waals surface area contributed by atoms with Gasteiger partial charge in [0, 0.05) is 18.6 Å². The molecule has 0 aliphatic carbocycles. The molecular formula is C9H11ClN2OS2. The summed E-state index contributed by atoms with van der Waals surface area (Å²) in [6.45, 7) is 0.189. The summed E-state index contributed by atoms with van der Waals surface area (Å²) in [6, 6.07) is 3.51. The minimum Gasteiger partial charge on any atom is -0.396 e. The minimum absolute atomic E-state index is 0.189. The molecule has 0 atom stereocenters. The van der Waals surface area contributed by atoms with Crippen LogP contribution in [-0.4, -0.2) is 26.8 Å². The maximum atomic E-state index is 8.60. The Morgan fingerprint density at radius 1 is 1.60 bits per heavy atom. The fourth-order valence-corrected chi connectivity index (χ4v) is 1.92. The lowest BCUT2D eigenvalue weighted by atomic mass is 10.5. The van der Waals surface area contributed by atoms with Crippen LogP contribution in [0, 0.1) is 0 Å². The maximum absolute atomic E-state index is 8.60. The van der Waals surface area contributed by atoms with Gasteiger partial charge in [-0.05, 0) is 18.6 Å². The van der Waals surface area contributed by atoms with Gasteiger partial charge >= 0.3 is 0 Å². The molecule has 0 bridgehead atoms. The van der Waals surface area contributed by atoms with E-state index in [1.54, 1.807) is 18.3 Å². The highest BCUT2D eigenvalue weighted by atomic mass is 35.5. The van der Waals surface area contributed by atoms with E-state index in [9.17, 15) is 0 Å². The smallest absolute Gasteiger partial charge is 0.139 e. The topological polar surface area (TPSA) is 45.1 Å². The predicted octanol–water partition coefficient (Wildman–Crippen LogP) is 2.55. The number of halogens is 1. The van der Waals surface area contributed by atoms with E-state index < -0.39 is 0 Å². The van der Waals surface area contributed by atoms with Crippen LogP contribution in [0.4, 0.5) is 5.82 Å². The number of hydrogen-bond donors (Lipinski definition) is 2. The van der Waals surface area contributed by atoms with Crippen molar-refractivity contribution in [1.82, 2.24) is 4.98 Å². The van der Waals surface area contributed by atoms with Gasteiger partial charge in [0.15, 0.2) is 0 Å². The Morgan fingerprint density at radius 2 is 2.40 bits per heavy atom. The lowest BCUT2D eigenvalue weighted by Gasteiger charge is -2.05. The molecule has 0 radical (unpaired) electrons. The van der Waals surface area contributed by atoms with Gasteiger partial charge in [0.2, 0.25) is 0 Å². The van der Waals surface area contributed by atoms with Gasteiger partial charge in [0.05, 0.1) is 5.02 Å². The zero-order valence-corrected chi connectivity index (χ0v) is 10.3. The van der Waals surface area contributed by atoms with Crippen LogP contribution >= 0.6 is 35.6 Å². The summed E-state index contributed by atoms with van der Waals surface area (Å²) >= 11 is 12.3. The molecule has 0 aromatic carbocycles. The Morgan fingerprint density at radius 3 is 3.00 bits per heavy atom. The van der Waals surface area contributed by atoms with Crippen LogP contribution < -0.4 is 5.32 Å².